The maximum atomic E-state index is 11.5. The lowest BCUT2D eigenvalue weighted by Gasteiger charge is -2.14. The second-order valence-electron chi connectivity index (χ2n) is 4.25. The molecule has 0 aliphatic carbocycles. The monoisotopic (exact) mass is 235 g/mol. The quantitative estimate of drug-likeness (QED) is 0.770. The van der Waals surface area contributed by atoms with Gasteiger partial charge in [0.05, 0.1) is 6.04 Å². The van der Waals surface area contributed by atoms with E-state index < -0.39 is 0 Å². The zero-order chi connectivity index (χ0) is 12.7. The molecule has 17 heavy (non-hydrogen) atoms. The van der Waals surface area contributed by atoms with Gasteiger partial charge in [-0.1, -0.05) is 36.8 Å². The summed E-state index contributed by atoms with van der Waals surface area (Å²) in [5.41, 5.74) is 2.33. The van der Waals surface area contributed by atoms with Crippen LogP contribution >= 0.6 is 0 Å². The number of benzene rings is 1. The molecule has 0 fully saturated rings. The Morgan fingerprint density at radius 3 is 2.59 bits per heavy atom. The molecule has 94 valence electrons. The number of ether oxygens (including phenoxy) is 1. The molecule has 0 heterocycles. The molecule has 0 radical (unpaired) electrons. The Balaban J connectivity index is 2.40. The summed E-state index contributed by atoms with van der Waals surface area (Å²) in [6.45, 7) is 6.82. The van der Waals surface area contributed by atoms with Crippen molar-refractivity contribution in [3.05, 3.63) is 35.4 Å². The summed E-state index contributed by atoms with van der Waals surface area (Å²) in [5, 5.41) is 2.91. The van der Waals surface area contributed by atoms with E-state index in [0.717, 1.165) is 12.0 Å². The third-order valence-electron chi connectivity index (χ3n) is 2.54. The van der Waals surface area contributed by atoms with Crippen LogP contribution in [0.2, 0.25) is 0 Å². The van der Waals surface area contributed by atoms with Crippen molar-refractivity contribution < 1.29 is 9.53 Å². The standard InChI is InChI=1S/C14H21NO2/c1-4-9-17-10-14(16)15-12(3)13-7-5-11(2)6-8-13/h5-8,12H,4,9-10H2,1-3H3,(H,15,16)/t12-/m0/s1. The van der Waals surface area contributed by atoms with Crippen LogP contribution in [0, 0.1) is 6.92 Å². The minimum atomic E-state index is -0.0634. The van der Waals surface area contributed by atoms with Gasteiger partial charge in [0.1, 0.15) is 6.61 Å². The first-order chi connectivity index (χ1) is 8.13. The number of nitrogens with one attached hydrogen (secondary N) is 1. The third kappa shape index (κ3) is 5.00. The number of aryl methyl sites for hydroxylation is 1. The van der Waals surface area contributed by atoms with Gasteiger partial charge in [-0.3, -0.25) is 4.79 Å². The minimum absolute atomic E-state index is 0.0216. The van der Waals surface area contributed by atoms with Crippen LogP contribution in [0.3, 0.4) is 0 Å². The molecule has 1 aromatic carbocycles. The molecule has 0 aliphatic heterocycles. The van der Waals surface area contributed by atoms with E-state index in [1.54, 1.807) is 0 Å². The van der Waals surface area contributed by atoms with Gasteiger partial charge in [0.25, 0.3) is 0 Å². The first kappa shape index (κ1) is 13.7. The summed E-state index contributed by atoms with van der Waals surface area (Å²) >= 11 is 0. The summed E-state index contributed by atoms with van der Waals surface area (Å²) in [5.74, 6) is -0.0634. The molecular formula is C14H21NO2. The number of carbonyl (C=O) groups is 1. The van der Waals surface area contributed by atoms with Crippen molar-refractivity contribution in [3.8, 4) is 0 Å². The lowest BCUT2D eigenvalue weighted by Crippen LogP contribution is -2.30. The fourth-order valence-electron chi connectivity index (χ4n) is 1.53. The van der Waals surface area contributed by atoms with Gasteiger partial charge in [-0.2, -0.15) is 0 Å². The van der Waals surface area contributed by atoms with Crippen LogP contribution in [0.25, 0.3) is 0 Å². The lowest BCUT2D eigenvalue weighted by atomic mass is 10.1. The van der Waals surface area contributed by atoms with E-state index in [1.807, 2.05) is 45.0 Å². The third-order valence-corrected chi connectivity index (χ3v) is 2.54. The zero-order valence-corrected chi connectivity index (χ0v) is 10.8. The maximum Gasteiger partial charge on any atom is 0.246 e. The van der Waals surface area contributed by atoms with Crippen LogP contribution in [0.4, 0.5) is 0 Å². The fourth-order valence-corrected chi connectivity index (χ4v) is 1.53. The van der Waals surface area contributed by atoms with E-state index in [-0.39, 0.29) is 18.6 Å². The Morgan fingerprint density at radius 1 is 1.35 bits per heavy atom. The van der Waals surface area contributed by atoms with Gasteiger partial charge in [0.15, 0.2) is 0 Å². The molecule has 0 aliphatic rings. The molecule has 1 aromatic rings. The van der Waals surface area contributed by atoms with Gasteiger partial charge in [-0.15, -0.1) is 0 Å². The molecule has 1 amide bonds. The molecule has 1 N–H and O–H groups in total. The van der Waals surface area contributed by atoms with Crippen molar-refractivity contribution in [1.82, 2.24) is 5.32 Å². The van der Waals surface area contributed by atoms with Crippen LogP contribution in [0.1, 0.15) is 37.4 Å². The van der Waals surface area contributed by atoms with Gasteiger partial charge in [0, 0.05) is 6.61 Å². The summed E-state index contributed by atoms with van der Waals surface area (Å²) < 4.78 is 5.19. The van der Waals surface area contributed by atoms with Gasteiger partial charge in [-0.05, 0) is 25.8 Å². The molecule has 1 atom stereocenters. The average molecular weight is 235 g/mol. The molecule has 1 rings (SSSR count). The topological polar surface area (TPSA) is 38.3 Å². The van der Waals surface area contributed by atoms with Crippen molar-refractivity contribution in [2.24, 2.45) is 0 Å². The van der Waals surface area contributed by atoms with E-state index in [2.05, 4.69) is 5.32 Å². The predicted octanol–water partition coefficient (Wildman–Crippen LogP) is 2.60. The van der Waals surface area contributed by atoms with E-state index >= 15 is 0 Å². The number of hydrogen-bond donors (Lipinski definition) is 1. The van der Waals surface area contributed by atoms with Gasteiger partial charge < -0.3 is 10.1 Å². The van der Waals surface area contributed by atoms with Gasteiger partial charge in [0.2, 0.25) is 5.91 Å². The lowest BCUT2D eigenvalue weighted by molar-refractivity contribution is -0.126. The summed E-state index contributed by atoms with van der Waals surface area (Å²) in [7, 11) is 0. The molecular weight excluding hydrogens is 214 g/mol. The Labute approximate surface area is 103 Å². The van der Waals surface area contributed by atoms with Crippen LogP contribution < -0.4 is 5.32 Å². The molecule has 0 aromatic heterocycles. The van der Waals surface area contributed by atoms with Crippen molar-refractivity contribution in [1.29, 1.82) is 0 Å². The van der Waals surface area contributed by atoms with Crippen molar-refractivity contribution in [2.75, 3.05) is 13.2 Å². The first-order valence-electron chi connectivity index (χ1n) is 6.07. The smallest absolute Gasteiger partial charge is 0.246 e. The highest BCUT2D eigenvalue weighted by Gasteiger charge is 2.08. The van der Waals surface area contributed by atoms with E-state index in [4.69, 9.17) is 4.74 Å². The Bertz CT molecular complexity index is 346. The van der Waals surface area contributed by atoms with Gasteiger partial charge in [-0.25, -0.2) is 0 Å². The van der Waals surface area contributed by atoms with Crippen molar-refractivity contribution in [2.45, 2.75) is 33.2 Å². The number of amides is 1. The van der Waals surface area contributed by atoms with Crippen LogP contribution in [-0.2, 0) is 9.53 Å². The molecule has 0 saturated carbocycles. The average Bonchev–Trinajstić information content (AvgIpc) is 2.30. The van der Waals surface area contributed by atoms with E-state index in [9.17, 15) is 4.79 Å². The summed E-state index contributed by atoms with van der Waals surface area (Å²) in [4.78, 5) is 11.5. The van der Waals surface area contributed by atoms with Gasteiger partial charge >= 0.3 is 0 Å². The summed E-state index contributed by atoms with van der Waals surface area (Å²) in [6, 6.07) is 8.19. The van der Waals surface area contributed by atoms with Crippen molar-refractivity contribution >= 4 is 5.91 Å². The second kappa shape index (κ2) is 7.07. The molecule has 0 bridgehead atoms. The van der Waals surface area contributed by atoms with E-state index in [1.165, 1.54) is 5.56 Å². The maximum absolute atomic E-state index is 11.5. The van der Waals surface area contributed by atoms with Crippen LogP contribution in [0.15, 0.2) is 24.3 Å². The molecule has 0 unspecified atom stereocenters. The Hall–Kier alpha value is -1.35. The second-order valence-corrected chi connectivity index (χ2v) is 4.25. The van der Waals surface area contributed by atoms with Crippen LogP contribution in [-0.4, -0.2) is 19.1 Å². The molecule has 3 nitrogen and oxygen atoms in total. The highest BCUT2D eigenvalue weighted by molar-refractivity contribution is 5.77. The minimum Gasteiger partial charge on any atom is -0.372 e. The SMILES string of the molecule is CCCOCC(=O)N[C@@H](C)c1ccc(C)cc1. The number of hydrogen-bond acceptors (Lipinski definition) is 2. The summed E-state index contributed by atoms with van der Waals surface area (Å²) in [6.07, 6.45) is 0.931. The normalized spacial score (nSPS) is 12.2. The Morgan fingerprint density at radius 2 is 2.00 bits per heavy atom. The first-order valence-corrected chi connectivity index (χ1v) is 6.07. The molecule has 0 saturated heterocycles. The highest BCUT2D eigenvalue weighted by Crippen LogP contribution is 2.12. The highest BCUT2D eigenvalue weighted by atomic mass is 16.5. The largest absolute Gasteiger partial charge is 0.372 e. The molecule has 0 spiro atoms. The van der Waals surface area contributed by atoms with Crippen molar-refractivity contribution in [3.63, 3.8) is 0 Å². The fraction of sp³-hybridized carbons (Fsp3) is 0.500. The zero-order valence-electron chi connectivity index (χ0n) is 10.8. The molecule has 3 heteroatoms. The van der Waals surface area contributed by atoms with E-state index in [0.29, 0.717) is 6.61 Å². The predicted molar refractivity (Wildman–Crippen MR) is 68.8 cm³/mol. The Kier molecular flexibility index (Phi) is 5.70. The van der Waals surface area contributed by atoms with Crippen LogP contribution in [0.5, 0.6) is 0 Å². The number of carbonyl (C=O) groups excluding carboxylic acids is 1. The number of rotatable bonds is 6.